The minimum Gasteiger partial charge on any atom is -0.319 e. The van der Waals surface area contributed by atoms with Crippen molar-refractivity contribution in [1.82, 2.24) is 19.4 Å². The number of rotatable bonds is 4. The lowest BCUT2D eigenvalue weighted by Crippen LogP contribution is -2.42. The van der Waals surface area contributed by atoms with Gasteiger partial charge in [-0.05, 0) is 38.4 Å². The predicted molar refractivity (Wildman–Crippen MR) is 75.9 cm³/mol. The highest BCUT2D eigenvalue weighted by Gasteiger charge is 2.31. The Morgan fingerprint density at radius 2 is 2.26 bits per heavy atom. The van der Waals surface area contributed by atoms with Crippen molar-refractivity contribution >= 4 is 22.4 Å². The second-order valence-corrected chi connectivity index (χ2v) is 6.61. The van der Waals surface area contributed by atoms with E-state index in [1.165, 1.54) is 10.9 Å². The van der Waals surface area contributed by atoms with Gasteiger partial charge in [0.05, 0.1) is 6.20 Å². The van der Waals surface area contributed by atoms with Crippen molar-refractivity contribution in [2.24, 2.45) is 13.0 Å². The van der Waals surface area contributed by atoms with E-state index in [1.54, 1.807) is 17.4 Å². The fourth-order valence-electron chi connectivity index (χ4n) is 2.45. The molecule has 1 aromatic rings. The van der Waals surface area contributed by atoms with E-state index in [0.717, 1.165) is 19.4 Å². The quantitative estimate of drug-likeness (QED) is 0.877. The molecule has 1 atom stereocenters. The lowest BCUT2D eigenvalue weighted by Gasteiger charge is -2.31. The smallest absolute Gasteiger partial charge is 0.260 e. The zero-order valence-corrected chi connectivity index (χ0v) is 12.9. The molecule has 1 saturated heterocycles. The number of halogens is 1. The third-order valence-corrected chi connectivity index (χ3v) is 5.30. The molecule has 1 aliphatic rings. The van der Waals surface area contributed by atoms with Crippen LogP contribution in [0.3, 0.4) is 0 Å². The molecule has 2 rings (SSSR count). The molecule has 1 unspecified atom stereocenters. The van der Waals surface area contributed by atoms with Gasteiger partial charge >= 0.3 is 0 Å². The Kier molecular flexibility index (Phi) is 5.79. The molecule has 0 amide bonds. The maximum atomic E-state index is 12.5. The molecule has 0 bridgehead atoms. The molecule has 1 aliphatic heterocycles. The topological polar surface area (TPSA) is 67.2 Å². The molecule has 6 nitrogen and oxygen atoms in total. The number of nitrogens with zero attached hydrogens (tertiary/aromatic N) is 3. The molecule has 2 heterocycles. The van der Waals surface area contributed by atoms with E-state index in [0.29, 0.717) is 19.0 Å². The van der Waals surface area contributed by atoms with Crippen molar-refractivity contribution in [2.45, 2.75) is 17.9 Å². The van der Waals surface area contributed by atoms with Crippen LogP contribution in [0.25, 0.3) is 0 Å². The van der Waals surface area contributed by atoms with Crippen molar-refractivity contribution in [2.75, 3.05) is 26.7 Å². The van der Waals surface area contributed by atoms with Gasteiger partial charge in [0.2, 0.25) is 0 Å². The van der Waals surface area contributed by atoms with E-state index < -0.39 is 10.0 Å². The summed E-state index contributed by atoms with van der Waals surface area (Å²) in [5.41, 5.74) is 0. The van der Waals surface area contributed by atoms with Crippen LogP contribution < -0.4 is 5.32 Å². The van der Waals surface area contributed by atoms with Crippen LogP contribution in [0.1, 0.15) is 12.8 Å². The number of nitrogens with one attached hydrogen (secondary N) is 1. The first-order chi connectivity index (χ1) is 8.55. The Hall–Kier alpha value is -0.630. The molecular weight excluding hydrogens is 288 g/mol. The lowest BCUT2D eigenvalue weighted by atomic mass is 10.00. The normalized spacial score (nSPS) is 21.1. The first kappa shape index (κ1) is 16.4. The SMILES string of the molecule is CNCC1CCCN(S(=O)(=O)c2ccnn2C)C1.Cl. The number of piperidine rings is 1. The molecule has 0 aromatic carbocycles. The summed E-state index contributed by atoms with van der Waals surface area (Å²) in [6.07, 6.45) is 3.52. The first-order valence-electron chi connectivity index (χ1n) is 6.18. The van der Waals surface area contributed by atoms with E-state index >= 15 is 0 Å². The highest BCUT2D eigenvalue weighted by Crippen LogP contribution is 2.22. The number of sulfonamides is 1. The molecular formula is C11H21ClN4O2S. The third kappa shape index (κ3) is 3.47. The van der Waals surface area contributed by atoms with Crippen LogP contribution in [0, 0.1) is 5.92 Å². The summed E-state index contributed by atoms with van der Waals surface area (Å²) >= 11 is 0. The van der Waals surface area contributed by atoms with E-state index in [9.17, 15) is 8.42 Å². The van der Waals surface area contributed by atoms with Crippen molar-refractivity contribution in [3.8, 4) is 0 Å². The summed E-state index contributed by atoms with van der Waals surface area (Å²) in [6.45, 7) is 2.06. The largest absolute Gasteiger partial charge is 0.319 e. The monoisotopic (exact) mass is 308 g/mol. The summed E-state index contributed by atoms with van der Waals surface area (Å²) < 4.78 is 27.9. The Bertz CT molecular complexity index is 501. The molecule has 19 heavy (non-hydrogen) atoms. The molecule has 110 valence electrons. The van der Waals surface area contributed by atoms with Gasteiger partial charge in [-0.15, -0.1) is 12.4 Å². The van der Waals surface area contributed by atoms with Gasteiger partial charge in [0.15, 0.2) is 5.03 Å². The number of hydrogen-bond acceptors (Lipinski definition) is 4. The van der Waals surface area contributed by atoms with Crippen molar-refractivity contribution in [3.63, 3.8) is 0 Å². The van der Waals surface area contributed by atoms with Gasteiger partial charge < -0.3 is 5.32 Å². The van der Waals surface area contributed by atoms with E-state index in [-0.39, 0.29) is 17.4 Å². The zero-order valence-electron chi connectivity index (χ0n) is 11.2. The minimum absolute atomic E-state index is 0. The number of aromatic nitrogens is 2. The zero-order chi connectivity index (χ0) is 13.2. The summed E-state index contributed by atoms with van der Waals surface area (Å²) in [6, 6.07) is 1.55. The van der Waals surface area contributed by atoms with Gasteiger partial charge in [-0.3, -0.25) is 4.68 Å². The summed E-state index contributed by atoms with van der Waals surface area (Å²) in [5, 5.41) is 7.32. The maximum absolute atomic E-state index is 12.5. The molecule has 1 aromatic heterocycles. The molecule has 8 heteroatoms. The van der Waals surface area contributed by atoms with Crippen LogP contribution in [-0.4, -0.2) is 49.2 Å². The molecule has 0 saturated carbocycles. The number of hydrogen-bond donors (Lipinski definition) is 1. The fourth-order valence-corrected chi connectivity index (χ4v) is 4.10. The predicted octanol–water partition coefficient (Wildman–Crippen LogP) is 0.462. The van der Waals surface area contributed by atoms with Crippen LogP contribution >= 0.6 is 12.4 Å². The summed E-state index contributed by atoms with van der Waals surface area (Å²) in [5.74, 6) is 0.395. The molecule has 0 radical (unpaired) electrons. The van der Waals surface area contributed by atoms with Gasteiger partial charge in [-0.25, -0.2) is 8.42 Å². The lowest BCUT2D eigenvalue weighted by molar-refractivity contribution is 0.262. The highest BCUT2D eigenvalue weighted by molar-refractivity contribution is 7.89. The standard InChI is InChI=1S/C11H20N4O2S.ClH/c1-12-8-10-4-3-7-15(9-10)18(16,17)11-5-6-13-14(11)2;/h5-6,10,12H,3-4,7-9H2,1-2H3;1H. The van der Waals surface area contributed by atoms with Crippen molar-refractivity contribution in [3.05, 3.63) is 12.3 Å². The van der Waals surface area contributed by atoms with Crippen LogP contribution in [0.2, 0.25) is 0 Å². The van der Waals surface area contributed by atoms with E-state index in [4.69, 9.17) is 0 Å². The minimum atomic E-state index is -3.39. The third-order valence-electron chi connectivity index (χ3n) is 3.35. The van der Waals surface area contributed by atoms with Crippen LogP contribution in [-0.2, 0) is 17.1 Å². The van der Waals surface area contributed by atoms with Gasteiger partial charge in [-0.1, -0.05) is 0 Å². The van der Waals surface area contributed by atoms with Crippen LogP contribution in [0.5, 0.6) is 0 Å². The molecule has 1 fully saturated rings. The molecule has 1 N–H and O–H groups in total. The van der Waals surface area contributed by atoms with Crippen LogP contribution in [0.4, 0.5) is 0 Å². The van der Waals surface area contributed by atoms with Crippen molar-refractivity contribution in [1.29, 1.82) is 0 Å². The Morgan fingerprint density at radius 1 is 1.53 bits per heavy atom. The van der Waals surface area contributed by atoms with Gasteiger partial charge in [-0.2, -0.15) is 9.40 Å². The Morgan fingerprint density at radius 3 is 2.84 bits per heavy atom. The summed E-state index contributed by atoms with van der Waals surface area (Å²) in [4.78, 5) is 0. The summed E-state index contributed by atoms with van der Waals surface area (Å²) in [7, 11) is 0.157. The maximum Gasteiger partial charge on any atom is 0.260 e. The van der Waals surface area contributed by atoms with E-state index in [1.807, 2.05) is 7.05 Å². The van der Waals surface area contributed by atoms with Crippen molar-refractivity contribution < 1.29 is 8.42 Å². The van der Waals surface area contributed by atoms with Gasteiger partial charge in [0, 0.05) is 20.1 Å². The molecule has 0 spiro atoms. The van der Waals surface area contributed by atoms with E-state index in [2.05, 4.69) is 10.4 Å². The van der Waals surface area contributed by atoms with Crippen LogP contribution in [0.15, 0.2) is 17.3 Å². The van der Waals surface area contributed by atoms with Gasteiger partial charge in [0.1, 0.15) is 0 Å². The molecule has 0 aliphatic carbocycles. The second-order valence-electron chi connectivity index (χ2n) is 4.72. The first-order valence-corrected chi connectivity index (χ1v) is 7.62. The number of aryl methyl sites for hydroxylation is 1. The average Bonchev–Trinajstić information content (AvgIpc) is 2.77. The fraction of sp³-hybridized carbons (Fsp3) is 0.727. The Balaban J connectivity index is 0.00000180. The second kappa shape index (κ2) is 6.69. The average molecular weight is 309 g/mol. The van der Waals surface area contributed by atoms with Gasteiger partial charge in [0.25, 0.3) is 10.0 Å². The Labute approximate surface area is 120 Å². The highest BCUT2D eigenvalue weighted by atomic mass is 35.5.